The van der Waals surface area contributed by atoms with E-state index in [9.17, 15) is 13.0 Å². The predicted molar refractivity (Wildman–Crippen MR) is 115 cm³/mol. The Hall–Kier alpha value is -1.11. The molecule has 3 unspecified atom stereocenters. The number of rotatable bonds is 6. The summed E-state index contributed by atoms with van der Waals surface area (Å²) in [5.41, 5.74) is 10.9. The van der Waals surface area contributed by atoms with Crippen LogP contribution in [0.25, 0.3) is 0 Å². The number of halogens is 2. The van der Waals surface area contributed by atoms with Crippen molar-refractivity contribution in [2.75, 3.05) is 5.75 Å². The zero-order chi connectivity index (χ0) is 20.5. The minimum absolute atomic E-state index is 0.0358. The normalized spacial score (nSPS) is 20.6. The third-order valence-corrected chi connectivity index (χ3v) is 7.21. The molecule has 0 amide bonds. The second kappa shape index (κ2) is 8.72. The number of benzene rings is 2. The molecule has 2 aromatic rings. The van der Waals surface area contributed by atoms with Crippen LogP contribution in [0.1, 0.15) is 53.9 Å². The topological polar surface area (TPSA) is 80.4 Å². The van der Waals surface area contributed by atoms with Crippen LogP contribution in [0.4, 0.5) is 0 Å². The van der Waals surface area contributed by atoms with Crippen LogP contribution < -0.4 is 5.73 Å². The minimum Gasteiger partial charge on any atom is -0.327 e. The molecule has 0 spiro atoms. The average molecular weight is 442 g/mol. The van der Waals surface area contributed by atoms with Crippen LogP contribution in [0.3, 0.4) is 0 Å². The van der Waals surface area contributed by atoms with E-state index in [4.69, 9.17) is 28.9 Å². The first kappa shape index (κ1) is 21.6. The summed E-state index contributed by atoms with van der Waals surface area (Å²) in [6.07, 6.45) is 3.05. The molecule has 28 heavy (non-hydrogen) atoms. The number of fused-ring (bicyclic) bond motifs is 1. The lowest BCUT2D eigenvalue weighted by atomic mass is 9.72. The highest BCUT2D eigenvalue weighted by atomic mass is 35.5. The van der Waals surface area contributed by atoms with Crippen molar-refractivity contribution in [1.29, 1.82) is 0 Å². The molecule has 0 fully saturated rings. The van der Waals surface area contributed by atoms with Gasteiger partial charge in [0.25, 0.3) is 10.1 Å². The fourth-order valence-corrected chi connectivity index (χ4v) is 5.50. The molecule has 152 valence electrons. The molecule has 7 heteroatoms. The molecule has 3 atom stereocenters. The fourth-order valence-electron chi connectivity index (χ4n) is 4.25. The quantitative estimate of drug-likeness (QED) is 0.619. The zero-order valence-corrected chi connectivity index (χ0v) is 18.1. The smallest absolute Gasteiger partial charge is 0.265 e. The van der Waals surface area contributed by atoms with Gasteiger partial charge < -0.3 is 5.73 Å². The summed E-state index contributed by atoms with van der Waals surface area (Å²) in [7, 11) is -4.07. The van der Waals surface area contributed by atoms with E-state index in [1.807, 2.05) is 31.2 Å². The van der Waals surface area contributed by atoms with E-state index in [0.29, 0.717) is 22.9 Å². The lowest BCUT2D eigenvalue weighted by molar-refractivity contribution is 0.457. The van der Waals surface area contributed by atoms with Crippen LogP contribution in [0, 0.1) is 0 Å². The van der Waals surface area contributed by atoms with Crippen molar-refractivity contribution in [2.45, 2.75) is 50.5 Å². The van der Waals surface area contributed by atoms with Crippen molar-refractivity contribution >= 4 is 33.3 Å². The third-order valence-electron chi connectivity index (χ3n) is 5.65. The average Bonchev–Trinajstić information content (AvgIpc) is 2.64. The Labute approximate surface area is 176 Å². The lowest BCUT2D eigenvalue weighted by Gasteiger charge is -2.35. The van der Waals surface area contributed by atoms with Crippen molar-refractivity contribution in [1.82, 2.24) is 0 Å². The van der Waals surface area contributed by atoms with E-state index < -0.39 is 10.1 Å². The molecule has 0 heterocycles. The maximum atomic E-state index is 11.6. The summed E-state index contributed by atoms with van der Waals surface area (Å²) in [6.45, 7) is 1.94. The Morgan fingerprint density at radius 1 is 1.21 bits per heavy atom. The maximum absolute atomic E-state index is 11.6. The lowest BCUT2D eigenvalue weighted by Crippen LogP contribution is -2.35. The third kappa shape index (κ3) is 4.89. The molecule has 0 saturated carbocycles. The summed E-state index contributed by atoms with van der Waals surface area (Å²) in [6, 6.07) is 11.6. The van der Waals surface area contributed by atoms with Gasteiger partial charge >= 0.3 is 0 Å². The van der Waals surface area contributed by atoms with E-state index in [1.54, 1.807) is 6.07 Å². The highest BCUT2D eigenvalue weighted by Crippen LogP contribution is 2.40. The Morgan fingerprint density at radius 3 is 2.61 bits per heavy atom. The molecular formula is C21H25Cl2NO3S. The van der Waals surface area contributed by atoms with Gasteiger partial charge in [-0.05, 0) is 60.1 Å². The van der Waals surface area contributed by atoms with Gasteiger partial charge in [-0.3, -0.25) is 4.55 Å². The first-order valence-corrected chi connectivity index (χ1v) is 11.8. The molecule has 0 bridgehead atoms. The second-order valence-electron chi connectivity index (χ2n) is 7.54. The fraction of sp³-hybridized carbons (Fsp3) is 0.429. The number of hydrogen-bond donors (Lipinski definition) is 2. The van der Waals surface area contributed by atoms with Crippen molar-refractivity contribution < 1.29 is 13.0 Å². The van der Waals surface area contributed by atoms with Gasteiger partial charge in [-0.15, -0.1) is 0 Å². The Balaban J connectivity index is 2.04. The zero-order valence-electron chi connectivity index (χ0n) is 15.7. The van der Waals surface area contributed by atoms with Crippen LogP contribution >= 0.6 is 23.2 Å². The van der Waals surface area contributed by atoms with Gasteiger partial charge in [0.15, 0.2) is 0 Å². The van der Waals surface area contributed by atoms with E-state index >= 15 is 0 Å². The van der Waals surface area contributed by atoms with E-state index in [0.717, 1.165) is 29.5 Å². The van der Waals surface area contributed by atoms with Crippen LogP contribution in [0.15, 0.2) is 36.4 Å². The number of aryl methyl sites for hydroxylation is 1. The van der Waals surface area contributed by atoms with Crippen molar-refractivity contribution in [2.24, 2.45) is 5.73 Å². The van der Waals surface area contributed by atoms with Gasteiger partial charge in [0.2, 0.25) is 0 Å². The van der Waals surface area contributed by atoms with E-state index in [-0.39, 0.29) is 23.6 Å². The molecule has 3 rings (SSSR count). The first-order chi connectivity index (χ1) is 13.2. The second-order valence-corrected chi connectivity index (χ2v) is 9.85. The monoisotopic (exact) mass is 441 g/mol. The largest absolute Gasteiger partial charge is 0.327 e. The van der Waals surface area contributed by atoms with Gasteiger partial charge in [-0.25, -0.2) is 0 Å². The summed E-state index contributed by atoms with van der Waals surface area (Å²) in [4.78, 5) is 0. The van der Waals surface area contributed by atoms with Crippen LogP contribution in [-0.4, -0.2) is 24.8 Å². The summed E-state index contributed by atoms with van der Waals surface area (Å²) in [5, 5.41) is 1.02. The van der Waals surface area contributed by atoms with Crippen LogP contribution in [-0.2, 0) is 23.0 Å². The molecule has 0 aromatic heterocycles. The Morgan fingerprint density at radius 2 is 1.96 bits per heavy atom. The molecule has 0 radical (unpaired) electrons. The van der Waals surface area contributed by atoms with Gasteiger partial charge in [-0.1, -0.05) is 54.4 Å². The van der Waals surface area contributed by atoms with Crippen molar-refractivity contribution in [3.8, 4) is 0 Å². The molecular weight excluding hydrogens is 417 g/mol. The molecule has 0 aliphatic heterocycles. The highest BCUT2D eigenvalue weighted by molar-refractivity contribution is 7.85. The highest BCUT2D eigenvalue weighted by Gasteiger charge is 2.32. The predicted octanol–water partition coefficient (Wildman–Crippen LogP) is 4.97. The molecule has 3 N–H and O–H groups in total. The van der Waals surface area contributed by atoms with Gasteiger partial charge in [-0.2, -0.15) is 8.42 Å². The standard InChI is InChI=1S/C21H25Cl2NO3S/c1-2-14(12-28(25,26)27)16-5-3-4-15-7-9-20(24)17(21(15)16)10-13-6-8-18(22)19(23)11-13/h3-6,8,11,14,17,20H,2,7,9-10,12,24H2,1H3,(H,25,26,27). The molecule has 1 aliphatic rings. The minimum atomic E-state index is -4.07. The van der Waals surface area contributed by atoms with E-state index in [1.165, 1.54) is 5.56 Å². The van der Waals surface area contributed by atoms with Crippen molar-refractivity contribution in [3.63, 3.8) is 0 Å². The Kier molecular flexibility index (Phi) is 6.72. The van der Waals surface area contributed by atoms with Gasteiger partial charge in [0.05, 0.1) is 15.8 Å². The van der Waals surface area contributed by atoms with Gasteiger partial charge in [0.1, 0.15) is 0 Å². The van der Waals surface area contributed by atoms with Crippen LogP contribution in [0.5, 0.6) is 0 Å². The molecule has 1 aliphatic carbocycles. The van der Waals surface area contributed by atoms with E-state index in [2.05, 4.69) is 6.07 Å². The summed E-state index contributed by atoms with van der Waals surface area (Å²) >= 11 is 12.2. The van der Waals surface area contributed by atoms with Crippen LogP contribution in [0.2, 0.25) is 10.0 Å². The Bertz CT molecular complexity index is 962. The number of hydrogen-bond acceptors (Lipinski definition) is 3. The molecule has 4 nitrogen and oxygen atoms in total. The molecule has 2 aromatic carbocycles. The summed E-state index contributed by atoms with van der Waals surface area (Å²) in [5.74, 6) is -0.506. The van der Waals surface area contributed by atoms with Gasteiger partial charge in [0, 0.05) is 17.9 Å². The van der Waals surface area contributed by atoms with Crippen molar-refractivity contribution in [3.05, 3.63) is 68.7 Å². The first-order valence-electron chi connectivity index (χ1n) is 9.46. The SMILES string of the molecule is CCC(CS(=O)(=O)O)c1cccc2c1C(Cc1ccc(Cl)c(Cl)c1)C(N)CC2. The molecule has 0 saturated heterocycles. The maximum Gasteiger partial charge on any atom is 0.265 e. The summed E-state index contributed by atoms with van der Waals surface area (Å²) < 4.78 is 32.5. The number of nitrogens with two attached hydrogens (primary N) is 1.